The second-order valence-corrected chi connectivity index (χ2v) is 7.85. The molecule has 0 spiro atoms. The van der Waals surface area contributed by atoms with Gasteiger partial charge in [0.2, 0.25) is 6.79 Å². The molecule has 3 aromatic rings. The molecule has 2 aromatic carbocycles. The lowest BCUT2D eigenvalue weighted by Crippen LogP contribution is -2.36. The number of piperidine rings is 1. The fourth-order valence-electron chi connectivity index (χ4n) is 4.00. The van der Waals surface area contributed by atoms with Crippen LogP contribution in [0.4, 0.5) is 15.8 Å². The molecule has 30 heavy (non-hydrogen) atoms. The Kier molecular flexibility index (Phi) is 4.71. The van der Waals surface area contributed by atoms with E-state index in [-0.39, 0.29) is 18.7 Å². The minimum absolute atomic E-state index is 0.212. The number of ether oxygens (including phenoxy) is 2. The van der Waals surface area contributed by atoms with Gasteiger partial charge in [-0.25, -0.2) is 4.39 Å². The number of halogens is 1. The van der Waals surface area contributed by atoms with Crippen molar-refractivity contribution in [2.24, 2.45) is 0 Å². The first kappa shape index (κ1) is 18.7. The first-order valence-corrected chi connectivity index (χ1v) is 10.1. The van der Waals surface area contributed by atoms with Crippen LogP contribution in [0, 0.1) is 5.82 Å². The van der Waals surface area contributed by atoms with Gasteiger partial charge in [-0.2, -0.15) is 5.10 Å². The SMILES string of the molecule is CN1CCC(Nc2ccc(N)c(-c3cc(-c4ccc5c(c4)OCO5)n[nH]3)c2F)CC1. The van der Waals surface area contributed by atoms with Crippen LogP contribution in [-0.2, 0) is 0 Å². The number of rotatable bonds is 4. The summed E-state index contributed by atoms with van der Waals surface area (Å²) in [6.07, 6.45) is 1.96. The van der Waals surface area contributed by atoms with Gasteiger partial charge >= 0.3 is 0 Å². The van der Waals surface area contributed by atoms with E-state index in [2.05, 4.69) is 27.5 Å². The molecule has 0 aliphatic carbocycles. The zero-order valence-corrected chi connectivity index (χ0v) is 16.7. The maximum Gasteiger partial charge on any atom is 0.231 e. The molecule has 2 aliphatic heterocycles. The normalized spacial score (nSPS) is 16.7. The van der Waals surface area contributed by atoms with Crippen LogP contribution < -0.4 is 20.5 Å². The van der Waals surface area contributed by atoms with Crippen LogP contribution >= 0.6 is 0 Å². The van der Waals surface area contributed by atoms with E-state index in [1.807, 2.05) is 18.2 Å². The van der Waals surface area contributed by atoms with Crippen LogP contribution in [0.1, 0.15) is 12.8 Å². The van der Waals surface area contributed by atoms with Crippen molar-refractivity contribution in [2.75, 3.05) is 38.0 Å². The standard InChI is InChI=1S/C22H24FN5O2/c1-28-8-6-14(7-9-28)25-16-4-3-15(24)21(22(16)23)18-11-17(26-27-18)13-2-5-19-20(10-13)30-12-29-19/h2-5,10-11,14,25H,6-9,12,24H2,1H3,(H,26,27). The average molecular weight is 409 g/mol. The molecule has 1 aromatic heterocycles. The Hall–Kier alpha value is -3.26. The van der Waals surface area contributed by atoms with Crippen molar-refractivity contribution in [3.63, 3.8) is 0 Å². The third kappa shape index (κ3) is 3.43. The van der Waals surface area contributed by atoms with E-state index in [0.717, 1.165) is 31.5 Å². The molecule has 156 valence electrons. The zero-order chi connectivity index (χ0) is 20.7. The number of fused-ring (bicyclic) bond motifs is 1. The first-order chi connectivity index (χ1) is 14.6. The molecule has 0 radical (unpaired) electrons. The van der Waals surface area contributed by atoms with E-state index in [1.165, 1.54) is 0 Å². The van der Waals surface area contributed by atoms with E-state index >= 15 is 4.39 Å². The van der Waals surface area contributed by atoms with Crippen LogP contribution in [0.3, 0.4) is 0 Å². The van der Waals surface area contributed by atoms with Crippen molar-refractivity contribution in [3.05, 3.63) is 42.2 Å². The van der Waals surface area contributed by atoms with Gasteiger partial charge in [0, 0.05) is 17.3 Å². The Bertz CT molecular complexity index is 1080. The number of aromatic nitrogens is 2. The highest BCUT2D eigenvalue weighted by atomic mass is 19.1. The van der Waals surface area contributed by atoms with Gasteiger partial charge in [0.1, 0.15) is 0 Å². The molecule has 3 heterocycles. The van der Waals surface area contributed by atoms with Crippen molar-refractivity contribution < 1.29 is 13.9 Å². The fraction of sp³-hybridized carbons (Fsp3) is 0.318. The minimum atomic E-state index is -0.366. The summed E-state index contributed by atoms with van der Waals surface area (Å²) in [5, 5.41) is 10.6. The minimum Gasteiger partial charge on any atom is -0.454 e. The molecule has 0 atom stereocenters. The molecule has 1 fully saturated rings. The molecule has 8 heteroatoms. The number of aromatic amines is 1. The molecule has 0 bridgehead atoms. The summed E-state index contributed by atoms with van der Waals surface area (Å²) in [5.41, 5.74) is 9.35. The van der Waals surface area contributed by atoms with Gasteiger partial charge in [-0.3, -0.25) is 5.10 Å². The Balaban J connectivity index is 1.43. The monoisotopic (exact) mass is 409 g/mol. The number of nitrogens with two attached hydrogens (primary N) is 1. The molecule has 7 nitrogen and oxygen atoms in total. The Morgan fingerprint density at radius 1 is 1.13 bits per heavy atom. The molecule has 0 amide bonds. The predicted octanol–water partition coefficient (Wildman–Crippen LogP) is 3.70. The molecule has 2 aliphatic rings. The Morgan fingerprint density at radius 2 is 1.93 bits per heavy atom. The highest BCUT2D eigenvalue weighted by molar-refractivity contribution is 5.81. The quantitative estimate of drug-likeness (QED) is 0.570. The second-order valence-electron chi connectivity index (χ2n) is 7.85. The van der Waals surface area contributed by atoms with Crippen molar-refractivity contribution >= 4 is 11.4 Å². The van der Waals surface area contributed by atoms with Crippen LogP contribution in [0.2, 0.25) is 0 Å². The van der Waals surface area contributed by atoms with E-state index in [9.17, 15) is 0 Å². The summed E-state index contributed by atoms with van der Waals surface area (Å²) in [5.74, 6) is 1.01. The number of nitrogen functional groups attached to an aromatic ring is 1. The molecule has 0 unspecified atom stereocenters. The lowest BCUT2D eigenvalue weighted by Gasteiger charge is -2.30. The van der Waals surface area contributed by atoms with Gasteiger partial charge in [-0.05, 0) is 69.4 Å². The van der Waals surface area contributed by atoms with Gasteiger partial charge in [0.15, 0.2) is 17.3 Å². The zero-order valence-electron chi connectivity index (χ0n) is 16.7. The number of benzene rings is 2. The highest BCUT2D eigenvalue weighted by Crippen LogP contribution is 2.38. The largest absolute Gasteiger partial charge is 0.454 e. The lowest BCUT2D eigenvalue weighted by atomic mass is 10.0. The summed E-state index contributed by atoms with van der Waals surface area (Å²) in [7, 11) is 2.11. The number of nitrogens with one attached hydrogen (secondary N) is 2. The molecule has 4 N–H and O–H groups in total. The van der Waals surface area contributed by atoms with Gasteiger partial charge in [-0.15, -0.1) is 0 Å². The van der Waals surface area contributed by atoms with Crippen molar-refractivity contribution in [1.82, 2.24) is 15.1 Å². The van der Waals surface area contributed by atoms with Crippen molar-refractivity contribution in [1.29, 1.82) is 0 Å². The van der Waals surface area contributed by atoms with Crippen molar-refractivity contribution in [2.45, 2.75) is 18.9 Å². The number of anilines is 2. The average Bonchev–Trinajstić information content (AvgIpc) is 3.41. The van der Waals surface area contributed by atoms with Crippen LogP contribution in [0.5, 0.6) is 11.5 Å². The number of likely N-dealkylation sites (tertiary alicyclic amines) is 1. The van der Waals surface area contributed by atoms with E-state index < -0.39 is 0 Å². The van der Waals surface area contributed by atoms with Gasteiger partial charge < -0.3 is 25.4 Å². The van der Waals surface area contributed by atoms with E-state index in [0.29, 0.717) is 39.8 Å². The van der Waals surface area contributed by atoms with Gasteiger partial charge in [0.25, 0.3) is 0 Å². The van der Waals surface area contributed by atoms with E-state index in [4.69, 9.17) is 15.2 Å². The summed E-state index contributed by atoms with van der Waals surface area (Å²) in [6, 6.07) is 11.1. The summed E-state index contributed by atoms with van der Waals surface area (Å²) >= 11 is 0. The Labute approximate surface area is 174 Å². The van der Waals surface area contributed by atoms with E-state index in [1.54, 1.807) is 18.2 Å². The summed E-state index contributed by atoms with van der Waals surface area (Å²) in [6.45, 7) is 2.21. The molecular weight excluding hydrogens is 385 g/mol. The molecule has 5 rings (SSSR count). The topological polar surface area (TPSA) is 88.4 Å². The molecule has 0 saturated carbocycles. The first-order valence-electron chi connectivity index (χ1n) is 10.1. The number of nitrogens with zero attached hydrogens (tertiary/aromatic N) is 2. The third-order valence-electron chi connectivity index (χ3n) is 5.77. The second kappa shape index (κ2) is 7.53. The van der Waals surface area contributed by atoms with Crippen LogP contribution in [0.15, 0.2) is 36.4 Å². The van der Waals surface area contributed by atoms with Crippen LogP contribution in [0.25, 0.3) is 22.5 Å². The third-order valence-corrected chi connectivity index (χ3v) is 5.77. The Morgan fingerprint density at radius 3 is 2.77 bits per heavy atom. The number of H-pyrrole nitrogens is 1. The fourth-order valence-corrected chi connectivity index (χ4v) is 4.00. The predicted molar refractivity (Wildman–Crippen MR) is 114 cm³/mol. The number of hydrogen-bond acceptors (Lipinski definition) is 6. The summed E-state index contributed by atoms with van der Waals surface area (Å²) in [4.78, 5) is 2.28. The maximum atomic E-state index is 15.4. The summed E-state index contributed by atoms with van der Waals surface area (Å²) < 4.78 is 26.2. The number of hydrogen-bond donors (Lipinski definition) is 3. The van der Waals surface area contributed by atoms with Crippen molar-refractivity contribution in [3.8, 4) is 34.0 Å². The van der Waals surface area contributed by atoms with Gasteiger partial charge in [-0.1, -0.05) is 0 Å². The smallest absolute Gasteiger partial charge is 0.231 e. The van der Waals surface area contributed by atoms with Gasteiger partial charge in [0.05, 0.1) is 22.6 Å². The van der Waals surface area contributed by atoms with Crippen LogP contribution in [-0.4, -0.2) is 48.1 Å². The lowest BCUT2D eigenvalue weighted by molar-refractivity contribution is 0.174. The molecular formula is C22H24FN5O2. The highest BCUT2D eigenvalue weighted by Gasteiger charge is 2.21. The maximum absolute atomic E-state index is 15.4. The molecule has 1 saturated heterocycles.